The Balaban J connectivity index is 1.95. The molecule has 1 aliphatic carbocycles. The number of hydrogen-bond acceptors (Lipinski definition) is 6. The standard InChI is InChI=1S/C13H18N4O5/c1-7-12(17(20)21)8(2)16(15-7)6-11(18)22-9(3)13(19)14-10-4-5-10/h9-10H,4-6H2,1-3H3,(H,14,19)/t9-/m0/s1. The molecular weight excluding hydrogens is 292 g/mol. The normalized spacial score (nSPS) is 15.2. The number of nitro groups is 1. The van der Waals surface area contributed by atoms with Crippen LogP contribution in [0.4, 0.5) is 5.69 Å². The summed E-state index contributed by atoms with van der Waals surface area (Å²) < 4.78 is 6.24. The first-order chi connectivity index (χ1) is 10.3. The number of carbonyl (C=O) groups is 2. The average Bonchev–Trinajstić information content (AvgIpc) is 3.16. The van der Waals surface area contributed by atoms with Gasteiger partial charge in [-0.25, -0.2) is 0 Å². The largest absolute Gasteiger partial charge is 0.451 e. The van der Waals surface area contributed by atoms with Gasteiger partial charge in [0.1, 0.15) is 17.9 Å². The van der Waals surface area contributed by atoms with Crippen molar-refractivity contribution in [1.29, 1.82) is 0 Å². The van der Waals surface area contributed by atoms with Gasteiger partial charge in [-0.15, -0.1) is 0 Å². The summed E-state index contributed by atoms with van der Waals surface area (Å²) in [6.45, 7) is 4.22. The monoisotopic (exact) mass is 310 g/mol. The van der Waals surface area contributed by atoms with Gasteiger partial charge in [-0.3, -0.25) is 24.4 Å². The van der Waals surface area contributed by atoms with E-state index in [1.54, 1.807) is 0 Å². The number of ether oxygens (including phenoxy) is 1. The van der Waals surface area contributed by atoms with Crippen LogP contribution >= 0.6 is 0 Å². The quantitative estimate of drug-likeness (QED) is 0.467. The fourth-order valence-electron chi connectivity index (χ4n) is 2.06. The minimum absolute atomic E-state index is 0.118. The van der Waals surface area contributed by atoms with Crippen LogP contribution in [0.2, 0.25) is 0 Å². The number of aryl methyl sites for hydroxylation is 1. The van der Waals surface area contributed by atoms with Gasteiger partial charge in [0.05, 0.1) is 4.92 Å². The number of hydrogen-bond donors (Lipinski definition) is 1. The molecule has 0 aliphatic heterocycles. The van der Waals surface area contributed by atoms with E-state index in [0.717, 1.165) is 12.8 Å². The number of rotatable bonds is 6. The van der Waals surface area contributed by atoms with Crippen molar-refractivity contribution in [2.24, 2.45) is 0 Å². The summed E-state index contributed by atoms with van der Waals surface area (Å²) in [5.41, 5.74) is 0.386. The lowest BCUT2D eigenvalue weighted by Gasteiger charge is -2.13. The zero-order valence-electron chi connectivity index (χ0n) is 12.7. The van der Waals surface area contributed by atoms with E-state index in [1.165, 1.54) is 25.5 Å². The molecule has 1 aromatic rings. The molecule has 1 saturated carbocycles. The first-order valence-corrected chi connectivity index (χ1v) is 6.98. The first kappa shape index (κ1) is 15.9. The second-order valence-corrected chi connectivity index (χ2v) is 5.35. The van der Waals surface area contributed by atoms with E-state index in [4.69, 9.17) is 4.74 Å². The van der Waals surface area contributed by atoms with Crippen LogP contribution in [-0.2, 0) is 20.9 Å². The second-order valence-electron chi connectivity index (χ2n) is 5.35. The molecule has 0 bridgehead atoms. The maximum atomic E-state index is 11.8. The first-order valence-electron chi connectivity index (χ1n) is 6.98. The summed E-state index contributed by atoms with van der Waals surface area (Å²) in [4.78, 5) is 33.9. The van der Waals surface area contributed by atoms with E-state index in [9.17, 15) is 19.7 Å². The van der Waals surface area contributed by atoms with E-state index < -0.39 is 17.0 Å². The highest BCUT2D eigenvalue weighted by molar-refractivity contribution is 5.83. The van der Waals surface area contributed by atoms with Gasteiger partial charge in [-0.1, -0.05) is 0 Å². The van der Waals surface area contributed by atoms with Crippen LogP contribution in [-0.4, -0.2) is 38.7 Å². The number of amides is 1. The van der Waals surface area contributed by atoms with Gasteiger partial charge in [0, 0.05) is 6.04 Å². The molecule has 0 saturated heterocycles. The number of esters is 1. The fourth-order valence-corrected chi connectivity index (χ4v) is 2.06. The zero-order valence-corrected chi connectivity index (χ0v) is 12.7. The van der Waals surface area contributed by atoms with Crippen LogP contribution < -0.4 is 5.32 Å². The zero-order chi connectivity index (χ0) is 16.4. The maximum Gasteiger partial charge on any atom is 0.328 e. The molecule has 22 heavy (non-hydrogen) atoms. The van der Waals surface area contributed by atoms with Gasteiger partial charge in [0.15, 0.2) is 6.10 Å². The van der Waals surface area contributed by atoms with Crippen molar-refractivity contribution in [1.82, 2.24) is 15.1 Å². The Morgan fingerprint density at radius 1 is 1.50 bits per heavy atom. The third-order valence-corrected chi connectivity index (χ3v) is 3.41. The summed E-state index contributed by atoms with van der Waals surface area (Å²) in [7, 11) is 0. The topological polar surface area (TPSA) is 116 Å². The number of nitrogens with one attached hydrogen (secondary N) is 1. The molecule has 9 heteroatoms. The van der Waals surface area contributed by atoms with Crippen molar-refractivity contribution in [3.8, 4) is 0 Å². The summed E-state index contributed by atoms with van der Waals surface area (Å²) in [6, 6.07) is 0.187. The summed E-state index contributed by atoms with van der Waals surface area (Å²) in [6.07, 6.45) is 0.990. The average molecular weight is 310 g/mol. The Labute approximate surface area is 126 Å². The van der Waals surface area contributed by atoms with Crippen molar-refractivity contribution >= 4 is 17.6 Å². The Morgan fingerprint density at radius 2 is 2.14 bits per heavy atom. The van der Waals surface area contributed by atoms with Gasteiger partial charge in [-0.2, -0.15) is 5.10 Å². The van der Waals surface area contributed by atoms with Crippen LogP contribution in [0, 0.1) is 24.0 Å². The lowest BCUT2D eigenvalue weighted by molar-refractivity contribution is -0.386. The van der Waals surface area contributed by atoms with Crippen molar-refractivity contribution in [2.75, 3.05) is 0 Å². The third kappa shape index (κ3) is 3.60. The molecule has 1 N–H and O–H groups in total. The molecule has 1 fully saturated rings. The molecule has 1 aromatic heterocycles. The molecule has 120 valence electrons. The van der Waals surface area contributed by atoms with E-state index in [-0.39, 0.29) is 35.6 Å². The van der Waals surface area contributed by atoms with Crippen molar-refractivity contribution < 1.29 is 19.2 Å². The fraction of sp³-hybridized carbons (Fsp3) is 0.615. The molecule has 0 spiro atoms. The summed E-state index contributed by atoms with van der Waals surface area (Å²) in [5.74, 6) is -1.01. The highest BCUT2D eigenvalue weighted by Gasteiger charge is 2.28. The van der Waals surface area contributed by atoms with Gasteiger partial charge in [-0.05, 0) is 33.6 Å². The number of nitrogens with zero attached hydrogens (tertiary/aromatic N) is 3. The Hall–Kier alpha value is -2.45. The van der Waals surface area contributed by atoms with Crippen LogP contribution in [0.25, 0.3) is 0 Å². The van der Waals surface area contributed by atoms with E-state index in [1.807, 2.05) is 0 Å². The molecule has 2 rings (SSSR count). The van der Waals surface area contributed by atoms with E-state index in [0.29, 0.717) is 0 Å². The van der Waals surface area contributed by atoms with Crippen molar-refractivity contribution in [3.05, 3.63) is 21.5 Å². The molecule has 1 amide bonds. The predicted octanol–water partition coefficient (Wildman–Crippen LogP) is 0.618. The smallest absolute Gasteiger partial charge is 0.328 e. The Morgan fingerprint density at radius 3 is 2.64 bits per heavy atom. The van der Waals surface area contributed by atoms with E-state index >= 15 is 0 Å². The molecule has 1 heterocycles. The second kappa shape index (κ2) is 6.12. The molecule has 1 atom stereocenters. The molecule has 1 aliphatic rings. The van der Waals surface area contributed by atoms with Crippen LogP contribution in [0.15, 0.2) is 0 Å². The Bertz CT molecular complexity index is 620. The molecule has 9 nitrogen and oxygen atoms in total. The summed E-state index contributed by atoms with van der Waals surface area (Å²) in [5, 5.41) is 17.6. The predicted molar refractivity (Wildman–Crippen MR) is 75.1 cm³/mol. The van der Waals surface area contributed by atoms with Gasteiger partial charge in [0.25, 0.3) is 5.91 Å². The summed E-state index contributed by atoms with van der Waals surface area (Å²) >= 11 is 0. The van der Waals surface area contributed by atoms with E-state index in [2.05, 4.69) is 10.4 Å². The molecule has 0 unspecified atom stereocenters. The number of aromatic nitrogens is 2. The van der Waals surface area contributed by atoms with Gasteiger partial charge in [0.2, 0.25) is 0 Å². The van der Waals surface area contributed by atoms with Gasteiger partial charge < -0.3 is 10.1 Å². The molecule has 0 aromatic carbocycles. The lowest BCUT2D eigenvalue weighted by atomic mass is 10.3. The van der Waals surface area contributed by atoms with Crippen LogP contribution in [0.1, 0.15) is 31.2 Å². The SMILES string of the molecule is Cc1nn(CC(=O)O[C@@H](C)C(=O)NC2CC2)c(C)c1[N+](=O)[O-]. The maximum absolute atomic E-state index is 11.8. The minimum atomic E-state index is -0.903. The Kier molecular flexibility index (Phi) is 4.43. The van der Waals surface area contributed by atoms with Crippen molar-refractivity contribution in [3.63, 3.8) is 0 Å². The molecule has 0 radical (unpaired) electrons. The molecular formula is C13H18N4O5. The highest BCUT2D eigenvalue weighted by Crippen LogP contribution is 2.22. The highest BCUT2D eigenvalue weighted by atomic mass is 16.6. The minimum Gasteiger partial charge on any atom is -0.451 e. The van der Waals surface area contributed by atoms with Crippen molar-refractivity contribution in [2.45, 2.75) is 52.3 Å². The van der Waals surface area contributed by atoms with Gasteiger partial charge >= 0.3 is 11.7 Å². The number of carbonyl (C=O) groups excluding carboxylic acids is 2. The lowest BCUT2D eigenvalue weighted by Crippen LogP contribution is -2.37. The van der Waals surface area contributed by atoms with Crippen LogP contribution in [0.3, 0.4) is 0 Å². The third-order valence-electron chi connectivity index (χ3n) is 3.41. The van der Waals surface area contributed by atoms with Crippen LogP contribution in [0.5, 0.6) is 0 Å².